The van der Waals surface area contributed by atoms with Crippen LogP contribution in [-0.2, 0) is 19.4 Å². The van der Waals surface area contributed by atoms with Crippen LogP contribution in [0.25, 0.3) is 0 Å². The molecule has 0 aliphatic carbocycles. The van der Waals surface area contributed by atoms with Crippen molar-refractivity contribution in [3.63, 3.8) is 0 Å². The van der Waals surface area contributed by atoms with Crippen LogP contribution < -0.4 is 5.32 Å². The Kier molecular flexibility index (Phi) is 4.09. The number of likely N-dealkylation sites (tertiary alicyclic amines) is 1. The Morgan fingerprint density at radius 3 is 2.87 bits per heavy atom. The highest BCUT2D eigenvalue weighted by atomic mass is 32.2. The molecule has 2 saturated heterocycles. The van der Waals surface area contributed by atoms with Crippen molar-refractivity contribution >= 4 is 27.5 Å². The first-order chi connectivity index (χ1) is 10.8. The van der Waals surface area contributed by atoms with Gasteiger partial charge in [-0.15, -0.1) is 0 Å². The molecule has 3 heterocycles. The first-order valence-corrected chi connectivity index (χ1v) is 9.39. The Morgan fingerprint density at radius 1 is 1.43 bits per heavy atom. The summed E-state index contributed by atoms with van der Waals surface area (Å²) in [6, 6.07) is 3.30. The Bertz CT molecular complexity index is 747. The van der Waals surface area contributed by atoms with E-state index < -0.39 is 15.8 Å². The van der Waals surface area contributed by atoms with Gasteiger partial charge >= 0.3 is 0 Å². The molecule has 1 aromatic heterocycles. The molecule has 0 radical (unpaired) electrons. The maximum absolute atomic E-state index is 12.3. The molecule has 1 N–H and O–H groups in total. The molecular weight excluding hydrogens is 318 g/mol. The quantitative estimate of drug-likeness (QED) is 0.859. The molecule has 0 saturated carbocycles. The topological polar surface area (TPSA) is 96.4 Å². The Hall–Kier alpha value is -1.96. The second-order valence-electron chi connectivity index (χ2n) is 6.21. The lowest BCUT2D eigenvalue weighted by Gasteiger charge is -2.22. The van der Waals surface area contributed by atoms with Crippen molar-refractivity contribution in [1.29, 1.82) is 0 Å². The summed E-state index contributed by atoms with van der Waals surface area (Å²) in [6.07, 6.45) is 2.19. The molecule has 0 unspecified atom stereocenters. The fourth-order valence-electron chi connectivity index (χ4n) is 3.11. The summed E-state index contributed by atoms with van der Waals surface area (Å²) < 4.78 is 23.1. The normalized spacial score (nSPS) is 26.5. The van der Waals surface area contributed by atoms with Crippen LogP contribution in [0.3, 0.4) is 0 Å². The van der Waals surface area contributed by atoms with Crippen LogP contribution in [-0.4, -0.2) is 54.2 Å². The van der Waals surface area contributed by atoms with Gasteiger partial charge in [-0.1, -0.05) is 0 Å². The van der Waals surface area contributed by atoms with Gasteiger partial charge in [0.25, 0.3) is 0 Å². The number of anilines is 1. The lowest BCUT2D eigenvalue weighted by molar-refractivity contribution is -0.129. The highest BCUT2D eigenvalue weighted by molar-refractivity contribution is 7.91. The van der Waals surface area contributed by atoms with Gasteiger partial charge in [0.05, 0.1) is 17.4 Å². The van der Waals surface area contributed by atoms with E-state index in [1.54, 1.807) is 17.2 Å². The SMILES string of the molecule is Cc1ccnc(NC(=O)[C@@H]2CC(=O)N([C@H]3CCS(=O)(=O)C3)C2)c1. The number of pyridine rings is 1. The van der Waals surface area contributed by atoms with Gasteiger partial charge in [0.15, 0.2) is 9.84 Å². The summed E-state index contributed by atoms with van der Waals surface area (Å²) >= 11 is 0. The smallest absolute Gasteiger partial charge is 0.230 e. The number of nitrogens with zero attached hydrogens (tertiary/aromatic N) is 2. The highest BCUT2D eigenvalue weighted by Crippen LogP contribution is 2.26. The Labute approximate surface area is 135 Å². The van der Waals surface area contributed by atoms with Crippen LogP contribution in [0.15, 0.2) is 18.3 Å². The third-order valence-corrected chi connectivity index (χ3v) is 6.10. The highest BCUT2D eigenvalue weighted by Gasteiger charge is 2.41. The van der Waals surface area contributed by atoms with Crippen LogP contribution >= 0.6 is 0 Å². The van der Waals surface area contributed by atoms with E-state index >= 15 is 0 Å². The molecule has 2 amide bonds. The van der Waals surface area contributed by atoms with E-state index in [0.717, 1.165) is 5.56 Å². The number of aryl methyl sites for hydroxylation is 1. The van der Waals surface area contributed by atoms with Crippen molar-refractivity contribution in [3.05, 3.63) is 23.9 Å². The standard InChI is InChI=1S/C15H19N3O4S/c1-10-2-4-16-13(6-10)17-15(20)11-7-14(19)18(8-11)12-3-5-23(21,22)9-12/h2,4,6,11-12H,3,5,7-9H2,1H3,(H,16,17,20)/t11-,12+/m1/s1. The molecule has 2 aliphatic rings. The molecule has 8 heteroatoms. The maximum Gasteiger partial charge on any atom is 0.230 e. The van der Waals surface area contributed by atoms with Crippen molar-refractivity contribution in [2.24, 2.45) is 5.92 Å². The van der Waals surface area contributed by atoms with E-state index in [1.165, 1.54) is 0 Å². The zero-order chi connectivity index (χ0) is 16.6. The van der Waals surface area contributed by atoms with Crippen molar-refractivity contribution in [1.82, 2.24) is 9.88 Å². The van der Waals surface area contributed by atoms with E-state index in [4.69, 9.17) is 0 Å². The van der Waals surface area contributed by atoms with E-state index in [-0.39, 0.29) is 42.3 Å². The van der Waals surface area contributed by atoms with Crippen molar-refractivity contribution in [2.45, 2.75) is 25.8 Å². The maximum atomic E-state index is 12.3. The third kappa shape index (κ3) is 3.52. The number of amides is 2. The average molecular weight is 337 g/mol. The van der Waals surface area contributed by atoms with Gasteiger partial charge in [-0.25, -0.2) is 13.4 Å². The zero-order valence-corrected chi connectivity index (χ0v) is 13.7. The molecule has 124 valence electrons. The second-order valence-corrected chi connectivity index (χ2v) is 8.44. The lowest BCUT2D eigenvalue weighted by atomic mass is 10.1. The average Bonchev–Trinajstić information content (AvgIpc) is 3.01. The number of hydrogen-bond donors (Lipinski definition) is 1. The Balaban J connectivity index is 1.64. The number of nitrogens with one attached hydrogen (secondary N) is 1. The summed E-state index contributed by atoms with van der Waals surface area (Å²) in [5.74, 6) is -0.278. The van der Waals surface area contributed by atoms with Gasteiger partial charge in [0.1, 0.15) is 5.82 Å². The van der Waals surface area contributed by atoms with Crippen LogP contribution in [0.5, 0.6) is 0 Å². The predicted molar refractivity (Wildman–Crippen MR) is 84.5 cm³/mol. The molecule has 0 aromatic carbocycles. The number of aromatic nitrogens is 1. The molecule has 1 aromatic rings. The molecule has 23 heavy (non-hydrogen) atoms. The fraction of sp³-hybridized carbons (Fsp3) is 0.533. The monoisotopic (exact) mass is 337 g/mol. The molecule has 3 rings (SSSR count). The predicted octanol–water partition coefficient (Wildman–Crippen LogP) is 0.364. The fourth-order valence-corrected chi connectivity index (χ4v) is 4.84. The number of carbonyl (C=O) groups excluding carboxylic acids is 2. The van der Waals surface area contributed by atoms with Crippen LogP contribution in [0.2, 0.25) is 0 Å². The zero-order valence-electron chi connectivity index (χ0n) is 12.9. The molecule has 2 aliphatic heterocycles. The van der Waals surface area contributed by atoms with Crippen LogP contribution in [0.4, 0.5) is 5.82 Å². The molecule has 2 atom stereocenters. The van der Waals surface area contributed by atoms with Crippen LogP contribution in [0, 0.1) is 12.8 Å². The first kappa shape index (κ1) is 15.9. The molecule has 0 bridgehead atoms. The molecule has 2 fully saturated rings. The van der Waals surface area contributed by atoms with Gasteiger partial charge in [-0.05, 0) is 31.0 Å². The minimum absolute atomic E-state index is 0.00646. The van der Waals surface area contributed by atoms with Crippen molar-refractivity contribution in [2.75, 3.05) is 23.4 Å². The number of sulfone groups is 1. The van der Waals surface area contributed by atoms with Crippen molar-refractivity contribution in [3.8, 4) is 0 Å². The van der Waals surface area contributed by atoms with E-state index in [0.29, 0.717) is 12.2 Å². The van der Waals surface area contributed by atoms with Crippen molar-refractivity contribution < 1.29 is 18.0 Å². The first-order valence-electron chi connectivity index (χ1n) is 7.57. The van der Waals surface area contributed by atoms with Crippen LogP contribution in [0.1, 0.15) is 18.4 Å². The summed E-state index contributed by atoms with van der Waals surface area (Å²) in [5.41, 5.74) is 0.982. The van der Waals surface area contributed by atoms with E-state index in [9.17, 15) is 18.0 Å². The number of carbonyl (C=O) groups is 2. The minimum Gasteiger partial charge on any atom is -0.338 e. The van der Waals surface area contributed by atoms with E-state index in [1.807, 2.05) is 13.0 Å². The lowest BCUT2D eigenvalue weighted by Crippen LogP contribution is -2.38. The van der Waals surface area contributed by atoms with Gasteiger partial charge in [0, 0.05) is 25.2 Å². The summed E-state index contributed by atoms with van der Waals surface area (Å²) in [5, 5.41) is 2.73. The molecule has 0 spiro atoms. The van der Waals surface area contributed by atoms with E-state index in [2.05, 4.69) is 10.3 Å². The summed E-state index contributed by atoms with van der Waals surface area (Å²) in [4.78, 5) is 30.1. The second kappa shape index (κ2) is 5.92. The minimum atomic E-state index is -3.05. The number of hydrogen-bond acceptors (Lipinski definition) is 5. The summed E-state index contributed by atoms with van der Waals surface area (Å²) in [6.45, 7) is 2.18. The van der Waals surface area contributed by atoms with Gasteiger partial charge in [0.2, 0.25) is 11.8 Å². The third-order valence-electron chi connectivity index (χ3n) is 4.35. The summed E-state index contributed by atoms with van der Waals surface area (Å²) in [7, 11) is -3.05. The van der Waals surface area contributed by atoms with Gasteiger partial charge in [-0.2, -0.15) is 0 Å². The van der Waals surface area contributed by atoms with Gasteiger partial charge in [-0.3, -0.25) is 9.59 Å². The largest absolute Gasteiger partial charge is 0.338 e. The number of rotatable bonds is 3. The van der Waals surface area contributed by atoms with Gasteiger partial charge < -0.3 is 10.2 Å². The molecular formula is C15H19N3O4S. The molecule has 7 nitrogen and oxygen atoms in total. The Morgan fingerprint density at radius 2 is 2.22 bits per heavy atom.